The maximum atomic E-state index is 12.3. The monoisotopic (exact) mass is 357 g/mol. The van der Waals surface area contributed by atoms with Crippen molar-refractivity contribution in [1.29, 1.82) is 0 Å². The van der Waals surface area contributed by atoms with E-state index in [1.165, 1.54) is 0 Å². The molecule has 0 bridgehead atoms. The van der Waals surface area contributed by atoms with Crippen molar-refractivity contribution in [3.63, 3.8) is 0 Å². The molecule has 6 nitrogen and oxygen atoms in total. The van der Waals surface area contributed by atoms with Crippen LogP contribution in [-0.4, -0.2) is 35.8 Å². The van der Waals surface area contributed by atoms with Crippen molar-refractivity contribution in [2.45, 2.75) is 39.9 Å². The molecule has 0 fully saturated rings. The molecule has 1 aromatic heterocycles. The molecule has 0 aliphatic carbocycles. The molecule has 6 heteroatoms. The predicted molar refractivity (Wildman–Crippen MR) is 101 cm³/mol. The van der Waals surface area contributed by atoms with Crippen LogP contribution in [0.15, 0.2) is 47.1 Å². The van der Waals surface area contributed by atoms with Crippen LogP contribution in [0.4, 0.5) is 0 Å². The minimum atomic E-state index is -0.632. The molecular weight excluding hydrogens is 330 g/mol. The number of carbonyl (C=O) groups is 2. The highest BCUT2D eigenvalue weighted by Gasteiger charge is 2.16. The van der Waals surface area contributed by atoms with Crippen LogP contribution in [0.3, 0.4) is 0 Å². The first kappa shape index (κ1) is 19.7. The highest BCUT2D eigenvalue weighted by Crippen LogP contribution is 2.08. The molecule has 1 atom stereocenters. The number of nitrogens with one attached hydrogen (secondary N) is 2. The van der Waals surface area contributed by atoms with E-state index in [9.17, 15) is 9.59 Å². The highest BCUT2D eigenvalue weighted by atomic mass is 16.3. The summed E-state index contributed by atoms with van der Waals surface area (Å²) in [6.07, 6.45) is 1.55. The van der Waals surface area contributed by atoms with E-state index < -0.39 is 6.04 Å². The molecule has 0 radical (unpaired) electrons. The van der Waals surface area contributed by atoms with Crippen molar-refractivity contribution in [3.8, 4) is 0 Å². The second-order valence-electron chi connectivity index (χ2n) is 6.15. The number of rotatable bonds is 9. The van der Waals surface area contributed by atoms with Gasteiger partial charge in [-0.3, -0.25) is 14.5 Å². The van der Waals surface area contributed by atoms with Crippen LogP contribution in [-0.2, 0) is 17.9 Å². The third kappa shape index (κ3) is 5.74. The van der Waals surface area contributed by atoms with Crippen LogP contribution in [0.2, 0.25) is 0 Å². The van der Waals surface area contributed by atoms with Crippen LogP contribution in [0.1, 0.15) is 42.5 Å². The normalized spacial score (nSPS) is 12.0. The maximum absolute atomic E-state index is 12.3. The van der Waals surface area contributed by atoms with Gasteiger partial charge in [0.1, 0.15) is 11.8 Å². The third-order valence-corrected chi connectivity index (χ3v) is 4.27. The molecule has 26 heavy (non-hydrogen) atoms. The van der Waals surface area contributed by atoms with E-state index in [1.54, 1.807) is 37.5 Å². The Morgan fingerprint density at radius 1 is 1.12 bits per heavy atom. The molecule has 0 spiro atoms. The lowest BCUT2D eigenvalue weighted by atomic mass is 10.1. The second kappa shape index (κ2) is 9.77. The Bertz CT molecular complexity index is 692. The smallest absolute Gasteiger partial charge is 0.251 e. The van der Waals surface area contributed by atoms with Gasteiger partial charge in [-0.1, -0.05) is 26.0 Å². The minimum Gasteiger partial charge on any atom is -0.467 e. The first-order valence-corrected chi connectivity index (χ1v) is 8.95. The maximum Gasteiger partial charge on any atom is 0.251 e. The van der Waals surface area contributed by atoms with E-state index in [1.807, 2.05) is 12.1 Å². The average molecular weight is 357 g/mol. The molecule has 0 saturated heterocycles. The predicted octanol–water partition coefficient (Wildman–Crippen LogP) is 2.56. The summed E-state index contributed by atoms with van der Waals surface area (Å²) in [5.74, 6) is 0.147. The quantitative estimate of drug-likeness (QED) is 0.723. The van der Waals surface area contributed by atoms with Crippen molar-refractivity contribution >= 4 is 11.8 Å². The molecule has 2 aromatic rings. The molecule has 1 heterocycles. The molecule has 0 saturated carbocycles. The van der Waals surface area contributed by atoms with Gasteiger partial charge in [0.2, 0.25) is 5.91 Å². The SMILES string of the molecule is CCN(CC)Cc1ccc(C(=O)NC(C)C(=O)NCc2ccco2)cc1. The molecule has 0 aliphatic heterocycles. The summed E-state index contributed by atoms with van der Waals surface area (Å²) in [6, 6.07) is 10.4. The van der Waals surface area contributed by atoms with Gasteiger partial charge in [-0.15, -0.1) is 0 Å². The molecule has 2 N–H and O–H groups in total. The van der Waals surface area contributed by atoms with Crippen molar-refractivity contribution in [3.05, 3.63) is 59.5 Å². The van der Waals surface area contributed by atoms with Crippen LogP contribution in [0, 0.1) is 0 Å². The Morgan fingerprint density at radius 3 is 2.38 bits per heavy atom. The Hall–Kier alpha value is -2.60. The van der Waals surface area contributed by atoms with Gasteiger partial charge in [-0.25, -0.2) is 0 Å². The third-order valence-electron chi connectivity index (χ3n) is 4.27. The lowest BCUT2D eigenvalue weighted by Crippen LogP contribution is -2.44. The van der Waals surface area contributed by atoms with Gasteiger partial charge in [0.05, 0.1) is 12.8 Å². The summed E-state index contributed by atoms with van der Waals surface area (Å²) in [4.78, 5) is 26.7. The van der Waals surface area contributed by atoms with E-state index in [-0.39, 0.29) is 11.8 Å². The number of hydrogen-bond acceptors (Lipinski definition) is 4. The summed E-state index contributed by atoms with van der Waals surface area (Å²) in [6.45, 7) is 9.05. The number of carbonyl (C=O) groups excluding carboxylic acids is 2. The Balaban J connectivity index is 1.84. The topological polar surface area (TPSA) is 74.6 Å². The fraction of sp³-hybridized carbons (Fsp3) is 0.400. The average Bonchev–Trinajstić information content (AvgIpc) is 3.18. The number of amides is 2. The zero-order valence-corrected chi connectivity index (χ0v) is 15.6. The first-order valence-electron chi connectivity index (χ1n) is 8.95. The number of nitrogens with zero attached hydrogens (tertiary/aromatic N) is 1. The Labute approximate surface area is 154 Å². The fourth-order valence-corrected chi connectivity index (χ4v) is 2.55. The van der Waals surface area contributed by atoms with Crippen molar-refractivity contribution in [1.82, 2.24) is 15.5 Å². The summed E-state index contributed by atoms with van der Waals surface area (Å²) in [7, 11) is 0. The van der Waals surface area contributed by atoms with Crippen molar-refractivity contribution in [2.75, 3.05) is 13.1 Å². The van der Waals surface area contributed by atoms with Crippen LogP contribution in [0.5, 0.6) is 0 Å². The molecule has 0 aliphatic rings. The summed E-state index contributed by atoms with van der Waals surface area (Å²) in [5, 5.41) is 5.45. The van der Waals surface area contributed by atoms with E-state index >= 15 is 0 Å². The van der Waals surface area contributed by atoms with Gasteiger partial charge >= 0.3 is 0 Å². The Kier molecular flexibility index (Phi) is 7.41. The van der Waals surface area contributed by atoms with Gasteiger partial charge in [-0.2, -0.15) is 0 Å². The molecular formula is C20H27N3O3. The van der Waals surface area contributed by atoms with E-state index in [0.29, 0.717) is 17.9 Å². The van der Waals surface area contributed by atoms with E-state index in [0.717, 1.165) is 25.2 Å². The first-order chi connectivity index (χ1) is 12.5. The largest absolute Gasteiger partial charge is 0.467 e. The lowest BCUT2D eigenvalue weighted by molar-refractivity contribution is -0.122. The van der Waals surface area contributed by atoms with Gasteiger partial charge in [-0.05, 0) is 49.8 Å². The highest BCUT2D eigenvalue weighted by molar-refractivity contribution is 5.97. The van der Waals surface area contributed by atoms with Gasteiger partial charge in [0.15, 0.2) is 0 Å². The molecule has 1 unspecified atom stereocenters. The zero-order chi connectivity index (χ0) is 18.9. The molecule has 140 valence electrons. The number of hydrogen-bond donors (Lipinski definition) is 2. The van der Waals surface area contributed by atoms with Crippen molar-refractivity contribution < 1.29 is 14.0 Å². The number of benzene rings is 1. The van der Waals surface area contributed by atoms with Crippen molar-refractivity contribution in [2.24, 2.45) is 0 Å². The summed E-state index contributed by atoms with van der Waals surface area (Å²) < 4.78 is 5.16. The lowest BCUT2D eigenvalue weighted by Gasteiger charge is -2.18. The fourth-order valence-electron chi connectivity index (χ4n) is 2.55. The van der Waals surface area contributed by atoms with Crippen LogP contribution < -0.4 is 10.6 Å². The molecule has 2 rings (SSSR count). The number of furan rings is 1. The summed E-state index contributed by atoms with van der Waals surface area (Å²) in [5.41, 5.74) is 1.70. The zero-order valence-electron chi connectivity index (χ0n) is 15.6. The standard InChI is InChI=1S/C20H27N3O3/c1-4-23(5-2)14-16-8-10-17(11-9-16)20(25)22-15(3)19(24)21-13-18-7-6-12-26-18/h6-12,15H,4-5,13-14H2,1-3H3,(H,21,24)(H,22,25). The Morgan fingerprint density at radius 2 is 1.81 bits per heavy atom. The summed E-state index contributed by atoms with van der Waals surface area (Å²) >= 11 is 0. The van der Waals surface area contributed by atoms with E-state index in [4.69, 9.17) is 4.42 Å². The second-order valence-corrected chi connectivity index (χ2v) is 6.15. The van der Waals surface area contributed by atoms with Crippen LogP contribution >= 0.6 is 0 Å². The van der Waals surface area contributed by atoms with Crippen LogP contribution in [0.25, 0.3) is 0 Å². The van der Waals surface area contributed by atoms with Gasteiger partial charge < -0.3 is 15.1 Å². The molecule has 2 amide bonds. The van der Waals surface area contributed by atoms with Gasteiger partial charge in [0, 0.05) is 12.1 Å². The minimum absolute atomic E-state index is 0.257. The van der Waals surface area contributed by atoms with Gasteiger partial charge in [0.25, 0.3) is 5.91 Å². The molecule has 1 aromatic carbocycles. The van der Waals surface area contributed by atoms with E-state index in [2.05, 4.69) is 29.4 Å².